The topological polar surface area (TPSA) is 44.5 Å². The SMILES string of the molecule is NC1=CC2=C(C=CC1)OCCO2. The molecule has 3 heteroatoms. The predicted molar refractivity (Wildman–Crippen MR) is 45.0 cm³/mol. The number of ether oxygens (including phenoxy) is 2. The van der Waals surface area contributed by atoms with Crippen LogP contribution in [0.25, 0.3) is 0 Å². The lowest BCUT2D eigenvalue weighted by Crippen LogP contribution is -2.12. The van der Waals surface area contributed by atoms with Crippen molar-refractivity contribution in [3.8, 4) is 0 Å². The van der Waals surface area contributed by atoms with Gasteiger partial charge in [0.2, 0.25) is 0 Å². The van der Waals surface area contributed by atoms with Crippen molar-refractivity contribution in [2.75, 3.05) is 13.2 Å². The molecule has 0 atom stereocenters. The summed E-state index contributed by atoms with van der Waals surface area (Å²) in [6, 6.07) is 0. The minimum absolute atomic E-state index is 0.608. The van der Waals surface area contributed by atoms with E-state index >= 15 is 0 Å². The molecule has 2 rings (SSSR count). The average molecular weight is 165 g/mol. The third-order valence-electron chi connectivity index (χ3n) is 1.78. The highest BCUT2D eigenvalue weighted by atomic mass is 16.6. The minimum atomic E-state index is 0.608. The molecule has 0 saturated heterocycles. The highest BCUT2D eigenvalue weighted by Gasteiger charge is 2.12. The number of allylic oxidation sites excluding steroid dienone is 3. The number of rotatable bonds is 0. The molecular formula is C9H11NO2. The van der Waals surface area contributed by atoms with E-state index in [0.717, 1.165) is 23.6 Å². The molecule has 0 aromatic rings. The van der Waals surface area contributed by atoms with E-state index in [1.807, 2.05) is 18.2 Å². The van der Waals surface area contributed by atoms with E-state index in [1.54, 1.807) is 0 Å². The maximum atomic E-state index is 5.68. The van der Waals surface area contributed by atoms with Crippen molar-refractivity contribution >= 4 is 0 Å². The second kappa shape index (κ2) is 2.93. The van der Waals surface area contributed by atoms with Gasteiger partial charge in [0.15, 0.2) is 11.5 Å². The summed E-state index contributed by atoms with van der Waals surface area (Å²) >= 11 is 0. The molecule has 0 fully saturated rings. The molecule has 3 nitrogen and oxygen atoms in total. The molecule has 12 heavy (non-hydrogen) atoms. The quantitative estimate of drug-likeness (QED) is 0.583. The second-order valence-electron chi connectivity index (χ2n) is 2.75. The first-order valence-electron chi connectivity index (χ1n) is 3.99. The van der Waals surface area contributed by atoms with E-state index in [1.165, 1.54) is 0 Å². The monoisotopic (exact) mass is 165 g/mol. The van der Waals surface area contributed by atoms with Crippen LogP contribution in [0.3, 0.4) is 0 Å². The van der Waals surface area contributed by atoms with Crippen molar-refractivity contribution < 1.29 is 9.47 Å². The molecule has 0 aromatic heterocycles. The maximum absolute atomic E-state index is 5.68. The van der Waals surface area contributed by atoms with E-state index < -0.39 is 0 Å². The Morgan fingerprint density at radius 1 is 1.17 bits per heavy atom. The summed E-state index contributed by atoms with van der Waals surface area (Å²) in [4.78, 5) is 0. The predicted octanol–water partition coefficient (Wildman–Crippen LogP) is 1.05. The van der Waals surface area contributed by atoms with Gasteiger partial charge in [-0.1, -0.05) is 6.08 Å². The Morgan fingerprint density at radius 2 is 1.92 bits per heavy atom. The third-order valence-corrected chi connectivity index (χ3v) is 1.78. The third kappa shape index (κ3) is 1.30. The summed E-state index contributed by atoms with van der Waals surface area (Å²) in [6.07, 6.45) is 6.47. The number of nitrogens with two attached hydrogens (primary N) is 1. The van der Waals surface area contributed by atoms with Crippen LogP contribution in [0.4, 0.5) is 0 Å². The Hall–Kier alpha value is -1.38. The van der Waals surface area contributed by atoms with Crippen LogP contribution in [0, 0.1) is 0 Å². The first-order chi connectivity index (χ1) is 5.86. The molecule has 1 heterocycles. The lowest BCUT2D eigenvalue weighted by molar-refractivity contribution is 0.0769. The standard InChI is InChI=1S/C9H11NO2/c10-7-2-1-3-8-9(6-7)12-5-4-11-8/h1,3,6H,2,4-5,10H2. The van der Waals surface area contributed by atoms with Crippen molar-refractivity contribution in [1.82, 2.24) is 0 Å². The highest BCUT2D eigenvalue weighted by molar-refractivity contribution is 5.31. The lowest BCUT2D eigenvalue weighted by Gasteiger charge is -2.17. The molecule has 0 spiro atoms. The molecule has 2 aliphatic rings. The van der Waals surface area contributed by atoms with Crippen LogP contribution in [0.2, 0.25) is 0 Å². The Bertz CT molecular complexity index is 276. The number of hydrogen-bond donors (Lipinski definition) is 1. The Kier molecular flexibility index (Phi) is 1.78. The average Bonchev–Trinajstić information content (AvgIpc) is 2.25. The zero-order valence-electron chi connectivity index (χ0n) is 6.75. The fourth-order valence-corrected chi connectivity index (χ4v) is 1.22. The van der Waals surface area contributed by atoms with Gasteiger partial charge in [0.05, 0.1) is 0 Å². The maximum Gasteiger partial charge on any atom is 0.163 e. The zero-order chi connectivity index (χ0) is 8.39. The van der Waals surface area contributed by atoms with Crippen molar-refractivity contribution in [1.29, 1.82) is 0 Å². The van der Waals surface area contributed by atoms with Crippen LogP contribution in [0.15, 0.2) is 35.4 Å². The van der Waals surface area contributed by atoms with Crippen LogP contribution in [-0.4, -0.2) is 13.2 Å². The summed E-state index contributed by atoms with van der Waals surface area (Å²) in [5, 5.41) is 0. The highest BCUT2D eigenvalue weighted by Crippen LogP contribution is 2.20. The van der Waals surface area contributed by atoms with Crippen molar-refractivity contribution in [2.45, 2.75) is 6.42 Å². The van der Waals surface area contributed by atoms with Gasteiger partial charge < -0.3 is 15.2 Å². The largest absolute Gasteiger partial charge is 0.486 e. The van der Waals surface area contributed by atoms with Gasteiger partial charge in [-0.15, -0.1) is 0 Å². The van der Waals surface area contributed by atoms with Gasteiger partial charge in [0.1, 0.15) is 13.2 Å². The minimum Gasteiger partial charge on any atom is -0.486 e. The fourth-order valence-electron chi connectivity index (χ4n) is 1.22. The summed E-state index contributed by atoms with van der Waals surface area (Å²) in [5.41, 5.74) is 6.49. The molecule has 0 amide bonds. The van der Waals surface area contributed by atoms with Crippen molar-refractivity contribution in [3.63, 3.8) is 0 Å². The van der Waals surface area contributed by atoms with Crippen LogP contribution in [0.1, 0.15) is 6.42 Å². The Labute approximate surface area is 71.1 Å². The van der Waals surface area contributed by atoms with Gasteiger partial charge >= 0.3 is 0 Å². The summed E-state index contributed by atoms with van der Waals surface area (Å²) in [5.74, 6) is 1.55. The van der Waals surface area contributed by atoms with E-state index in [2.05, 4.69) is 0 Å². The number of hydrogen-bond acceptors (Lipinski definition) is 3. The molecule has 0 radical (unpaired) electrons. The molecule has 64 valence electrons. The van der Waals surface area contributed by atoms with E-state index in [0.29, 0.717) is 13.2 Å². The zero-order valence-corrected chi connectivity index (χ0v) is 6.75. The van der Waals surface area contributed by atoms with Gasteiger partial charge in [-0.05, 0) is 6.08 Å². The van der Waals surface area contributed by atoms with E-state index in [4.69, 9.17) is 15.2 Å². The second-order valence-corrected chi connectivity index (χ2v) is 2.75. The van der Waals surface area contributed by atoms with Gasteiger partial charge in [0.25, 0.3) is 0 Å². The van der Waals surface area contributed by atoms with Crippen LogP contribution < -0.4 is 5.73 Å². The Balaban J connectivity index is 2.34. The summed E-state index contributed by atoms with van der Waals surface area (Å²) in [6.45, 7) is 1.23. The van der Waals surface area contributed by atoms with Crippen LogP contribution >= 0.6 is 0 Å². The molecule has 0 aromatic carbocycles. The smallest absolute Gasteiger partial charge is 0.163 e. The molecule has 2 N–H and O–H groups in total. The molecule has 0 saturated carbocycles. The molecular weight excluding hydrogens is 154 g/mol. The first-order valence-corrected chi connectivity index (χ1v) is 3.99. The van der Waals surface area contributed by atoms with Crippen LogP contribution in [-0.2, 0) is 9.47 Å². The van der Waals surface area contributed by atoms with Gasteiger partial charge in [-0.3, -0.25) is 0 Å². The van der Waals surface area contributed by atoms with Crippen LogP contribution in [0.5, 0.6) is 0 Å². The normalized spacial score (nSPS) is 21.8. The van der Waals surface area contributed by atoms with E-state index in [9.17, 15) is 0 Å². The fraction of sp³-hybridized carbons (Fsp3) is 0.333. The Morgan fingerprint density at radius 3 is 2.75 bits per heavy atom. The molecule has 0 bridgehead atoms. The van der Waals surface area contributed by atoms with Crippen molar-refractivity contribution in [2.24, 2.45) is 5.73 Å². The van der Waals surface area contributed by atoms with Crippen molar-refractivity contribution in [3.05, 3.63) is 35.4 Å². The van der Waals surface area contributed by atoms with Gasteiger partial charge in [-0.25, -0.2) is 0 Å². The first kappa shape index (κ1) is 7.28. The summed E-state index contributed by atoms with van der Waals surface area (Å²) in [7, 11) is 0. The lowest BCUT2D eigenvalue weighted by atomic mass is 10.3. The van der Waals surface area contributed by atoms with Gasteiger partial charge in [-0.2, -0.15) is 0 Å². The molecule has 0 unspecified atom stereocenters. The van der Waals surface area contributed by atoms with Gasteiger partial charge in [0, 0.05) is 18.2 Å². The molecule has 1 aliphatic carbocycles. The molecule has 1 aliphatic heterocycles. The van der Waals surface area contributed by atoms with E-state index in [-0.39, 0.29) is 0 Å². The summed E-state index contributed by atoms with van der Waals surface area (Å²) < 4.78 is 10.8.